The lowest BCUT2D eigenvalue weighted by atomic mass is 9.79. The first-order chi connectivity index (χ1) is 10.1. The Bertz CT molecular complexity index is 637. The van der Waals surface area contributed by atoms with E-state index in [1.807, 2.05) is 27.7 Å². The fourth-order valence-corrected chi connectivity index (χ4v) is 2.02. The molecule has 2 rings (SSSR count). The molecule has 8 heteroatoms. The van der Waals surface area contributed by atoms with Gasteiger partial charge in [0.15, 0.2) is 0 Å². The van der Waals surface area contributed by atoms with E-state index in [0.717, 1.165) is 0 Å². The van der Waals surface area contributed by atoms with Crippen LogP contribution in [0.15, 0.2) is 17.1 Å². The second-order valence-electron chi connectivity index (χ2n) is 6.27. The molecule has 2 heterocycles. The number of hydrogen-bond acceptors (Lipinski definition) is 5. The predicted molar refractivity (Wildman–Crippen MR) is 82.5 cm³/mol. The Hall–Kier alpha value is -1.80. The van der Waals surface area contributed by atoms with Gasteiger partial charge < -0.3 is 23.9 Å². The van der Waals surface area contributed by atoms with Gasteiger partial charge in [-0.1, -0.05) is 0 Å². The quantitative estimate of drug-likeness (QED) is 0.800. The van der Waals surface area contributed by atoms with Gasteiger partial charge in [0.25, 0.3) is 5.56 Å². The molecular formula is C14H21BN2O5. The molecule has 1 N–H and O–H groups in total. The van der Waals surface area contributed by atoms with Crippen LogP contribution in [0.25, 0.3) is 0 Å². The van der Waals surface area contributed by atoms with Crippen molar-refractivity contribution < 1.29 is 18.8 Å². The van der Waals surface area contributed by atoms with Crippen molar-refractivity contribution in [1.82, 2.24) is 9.88 Å². The number of hydrogen-bond donors (Lipinski definition) is 1. The maximum absolute atomic E-state index is 11.8. The number of carbonyl (C=O) groups is 1. The number of ether oxygens (including phenoxy) is 1. The predicted octanol–water partition coefficient (Wildman–Crippen LogP) is 0.403. The van der Waals surface area contributed by atoms with Gasteiger partial charge in [0.05, 0.1) is 11.2 Å². The van der Waals surface area contributed by atoms with E-state index in [-0.39, 0.29) is 11.3 Å². The summed E-state index contributed by atoms with van der Waals surface area (Å²) in [6.07, 6.45) is 0.897. The number of amides is 1. The maximum Gasteiger partial charge on any atom is 0.500 e. The fraction of sp³-hybridized carbons (Fsp3) is 0.571. The van der Waals surface area contributed by atoms with E-state index in [4.69, 9.17) is 14.0 Å². The molecule has 0 aromatic carbocycles. The minimum atomic E-state index is -0.726. The Morgan fingerprint density at radius 2 is 1.82 bits per heavy atom. The summed E-state index contributed by atoms with van der Waals surface area (Å²) < 4.78 is 18.4. The average Bonchev–Trinajstić information content (AvgIpc) is 2.62. The molecule has 0 aliphatic carbocycles. The second kappa shape index (κ2) is 5.44. The van der Waals surface area contributed by atoms with Gasteiger partial charge in [-0.05, 0) is 27.7 Å². The Kier molecular flexibility index (Phi) is 4.10. The van der Waals surface area contributed by atoms with E-state index in [0.29, 0.717) is 5.46 Å². The van der Waals surface area contributed by atoms with Crippen LogP contribution in [-0.2, 0) is 16.4 Å². The Labute approximate surface area is 129 Å². The van der Waals surface area contributed by atoms with E-state index in [1.165, 1.54) is 17.7 Å². The monoisotopic (exact) mass is 308 g/mol. The molecule has 1 aromatic heterocycles. The van der Waals surface area contributed by atoms with Crippen LogP contribution in [0, 0.1) is 0 Å². The SMILES string of the molecule is CNC(=O)Oc1cc(=O)n(C)cc1B1OC(C)(C)C(C)(C)O1. The summed E-state index contributed by atoms with van der Waals surface area (Å²) >= 11 is 0. The molecule has 0 saturated carbocycles. The van der Waals surface area contributed by atoms with Gasteiger partial charge in [0.1, 0.15) is 5.75 Å². The van der Waals surface area contributed by atoms with E-state index in [9.17, 15) is 9.59 Å². The molecule has 0 unspecified atom stereocenters. The fourth-order valence-electron chi connectivity index (χ4n) is 2.02. The zero-order chi connectivity index (χ0) is 16.7. The summed E-state index contributed by atoms with van der Waals surface area (Å²) in [5, 5.41) is 2.35. The highest BCUT2D eigenvalue weighted by Gasteiger charge is 2.52. The van der Waals surface area contributed by atoms with Gasteiger partial charge in [-0.2, -0.15) is 0 Å². The highest BCUT2D eigenvalue weighted by Crippen LogP contribution is 2.37. The topological polar surface area (TPSA) is 78.8 Å². The molecule has 0 bridgehead atoms. The van der Waals surface area contributed by atoms with Crippen molar-refractivity contribution in [1.29, 1.82) is 0 Å². The minimum Gasteiger partial charge on any atom is -0.410 e. The molecule has 1 aliphatic heterocycles. The van der Waals surface area contributed by atoms with Crippen molar-refractivity contribution >= 4 is 18.7 Å². The highest BCUT2D eigenvalue weighted by molar-refractivity contribution is 6.63. The van der Waals surface area contributed by atoms with Crippen LogP contribution >= 0.6 is 0 Å². The largest absolute Gasteiger partial charge is 0.500 e. The summed E-state index contributed by atoms with van der Waals surface area (Å²) in [5.41, 5.74) is -0.864. The summed E-state index contributed by atoms with van der Waals surface area (Å²) in [6, 6.07) is 1.25. The zero-order valence-electron chi connectivity index (χ0n) is 13.7. The third kappa shape index (κ3) is 2.89. The van der Waals surface area contributed by atoms with Crippen LogP contribution < -0.4 is 21.1 Å². The first kappa shape index (κ1) is 16.6. The first-order valence-corrected chi connectivity index (χ1v) is 7.03. The number of rotatable bonds is 2. The standard InChI is InChI=1S/C14H21BN2O5/c1-13(2)14(3,4)22-15(21-13)9-8-17(6)11(18)7-10(9)20-12(19)16-5/h7-8H,1-6H3,(H,16,19). The molecule has 1 saturated heterocycles. The molecule has 1 aromatic rings. The number of aromatic nitrogens is 1. The lowest BCUT2D eigenvalue weighted by molar-refractivity contribution is 0.00578. The highest BCUT2D eigenvalue weighted by atomic mass is 16.7. The van der Waals surface area contributed by atoms with Crippen LogP contribution in [0.5, 0.6) is 5.75 Å². The summed E-state index contributed by atoms with van der Waals surface area (Å²) in [4.78, 5) is 23.3. The van der Waals surface area contributed by atoms with E-state index >= 15 is 0 Å². The van der Waals surface area contributed by atoms with Crippen molar-refractivity contribution in [2.45, 2.75) is 38.9 Å². The molecule has 1 amide bonds. The van der Waals surface area contributed by atoms with Crippen molar-refractivity contribution in [2.75, 3.05) is 7.05 Å². The second-order valence-corrected chi connectivity index (χ2v) is 6.27. The lowest BCUT2D eigenvalue weighted by Gasteiger charge is -2.32. The number of carbonyl (C=O) groups excluding carboxylic acids is 1. The van der Waals surface area contributed by atoms with Gasteiger partial charge in [-0.25, -0.2) is 4.79 Å². The summed E-state index contributed by atoms with van der Waals surface area (Å²) in [6.45, 7) is 7.70. The van der Waals surface area contributed by atoms with Gasteiger partial charge in [-0.3, -0.25) is 4.79 Å². The molecule has 1 aliphatic rings. The number of nitrogens with one attached hydrogen (secondary N) is 1. The van der Waals surface area contributed by atoms with Gasteiger partial charge in [0.2, 0.25) is 0 Å². The molecular weight excluding hydrogens is 287 g/mol. The average molecular weight is 308 g/mol. The number of nitrogens with zero attached hydrogens (tertiary/aromatic N) is 1. The zero-order valence-corrected chi connectivity index (χ0v) is 13.7. The summed E-state index contributed by atoms with van der Waals surface area (Å²) in [7, 11) is 2.33. The minimum absolute atomic E-state index is 0.126. The molecule has 7 nitrogen and oxygen atoms in total. The smallest absolute Gasteiger partial charge is 0.410 e. The van der Waals surface area contributed by atoms with Gasteiger partial charge in [-0.15, -0.1) is 0 Å². The van der Waals surface area contributed by atoms with Crippen molar-refractivity contribution in [3.8, 4) is 5.75 Å². The third-order valence-corrected chi connectivity index (χ3v) is 4.13. The van der Waals surface area contributed by atoms with Crippen LogP contribution in [0.2, 0.25) is 0 Å². The molecule has 0 spiro atoms. The number of pyridine rings is 1. The lowest BCUT2D eigenvalue weighted by Crippen LogP contribution is -2.41. The Morgan fingerprint density at radius 3 is 2.32 bits per heavy atom. The van der Waals surface area contributed by atoms with Crippen molar-refractivity contribution in [3.63, 3.8) is 0 Å². The normalized spacial score (nSPS) is 19.1. The maximum atomic E-state index is 11.8. The first-order valence-electron chi connectivity index (χ1n) is 7.03. The van der Waals surface area contributed by atoms with Crippen molar-refractivity contribution in [3.05, 3.63) is 22.6 Å². The Morgan fingerprint density at radius 1 is 1.27 bits per heavy atom. The molecule has 1 fully saturated rings. The van der Waals surface area contributed by atoms with Gasteiger partial charge >= 0.3 is 13.2 Å². The van der Waals surface area contributed by atoms with Crippen LogP contribution in [0.1, 0.15) is 27.7 Å². The van der Waals surface area contributed by atoms with Crippen LogP contribution in [0.3, 0.4) is 0 Å². The third-order valence-electron chi connectivity index (χ3n) is 4.13. The van der Waals surface area contributed by atoms with E-state index in [2.05, 4.69) is 5.32 Å². The van der Waals surface area contributed by atoms with Gasteiger partial charge in [0, 0.05) is 31.8 Å². The van der Waals surface area contributed by atoms with Crippen molar-refractivity contribution in [2.24, 2.45) is 7.05 Å². The molecule has 0 radical (unpaired) electrons. The van der Waals surface area contributed by atoms with E-state index < -0.39 is 24.4 Å². The molecule has 0 atom stereocenters. The van der Waals surface area contributed by atoms with Crippen LogP contribution in [-0.4, -0.2) is 36.0 Å². The Balaban J connectivity index is 2.44. The molecule has 22 heavy (non-hydrogen) atoms. The number of aryl methyl sites for hydroxylation is 1. The van der Waals surface area contributed by atoms with Crippen LogP contribution in [0.4, 0.5) is 4.79 Å². The van der Waals surface area contributed by atoms with E-state index in [1.54, 1.807) is 13.2 Å². The molecule has 120 valence electrons. The summed E-state index contributed by atoms with van der Waals surface area (Å²) in [5.74, 6) is 0.126.